The SMILES string of the molecule is CN1CCC(N(C(=O)c2ccc(C(C)(C)C)cc2)C2CC2)CC1. The van der Waals surface area contributed by atoms with Crippen molar-refractivity contribution in [1.82, 2.24) is 9.80 Å². The van der Waals surface area contributed by atoms with E-state index in [1.807, 2.05) is 12.1 Å². The predicted molar refractivity (Wildman–Crippen MR) is 94.9 cm³/mol. The van der Waals surface area contributed by atoms with E-state index < -0.39 is 0 Å². The van der Waals surface area contributed by atoms with Gasteiger partial charge in [-0.3, -0.25) is 4.79 Å². The highest BCUT2D eigenvalue weighted by molar-refractivity contribution is 5.95. The third-order valence-corrected chi connectivity index (χ3v) is 5.25. The Morgan fingerprint density at radius 3 is 2.00 bits per heavy atom. The molecule has 3 rings (SSSR count). The van der Waals surface area contributed by atoms with Crippen LogP contribution in [0.4, 0.5) is 0 Å². The number of piperidine rings is 1. The van der Waals surface area contributed by atoms with E-state index in [4.69, 9.17) is 0 Å². The molecule has 0 atom stereocenters. The number of rotatable bonds is 3. The summed E-state index contributed by atoms with van der Waals surface area (Å²) < 4.78 is 0. The molecular formula is C20H30N2O. The number of hydrogen-bond donors (Lipinski definition) is 0. The molecule has 2 fully saturated rings. The summed E-state index contributed by atoms with van der Waals surface area (Å²) in [4.78, 5) is 17.7. The van der Waals surface area contributed by atoms with Crippen LogP contribution in [0.5, 0.6) is 0 Å². The van der Waals surface area contributed by atoms with Crippen LogP contribution in [0.1, 0.15) is 62.4 Å². The lowest BCUT2D eigenvalue weighted by Gasteiger charge is -2.37. The molecule has 3 nitrogen and oxygen atoms in total. The van der Waals surface area contributed by atoms with Gasteiger partial charge in [0.2, 0.25) is 0 Å². The first-order chi connectivity index (χ1) is 10.9. The summed E-state index contributed by atoms with van der Waals surface area (Å²) in [5, 5.41) is 0. The molecule has 1 aromatic rings. The van der Waals surface area contributed by atoms with E-state index in [2.05, 4.69) is 49.8 Å². The third-order valence-electron chi connectivity index (χ3n) is 5.25. The van der Waals surface area contributed by atoms with Crippen LogP contribution < -0.4 is 0 Å². The zero-order valence-electron chi connectivity index (χ0n) is 15.0. The second kappa shape index (κ2) is 6.27. The minimum Gasteiger partial charge on any atom is -0.333 e. The van der Waals surface area contributed by atoms with Crippen molar-refractivity contribution in [3.05, 3.63) is 35.4 Å². The monoisotopic (exact) mass is 314 g/mol. The molecule has 0 unspecified atom stereocenters. The molecule has 0 aromatic heterocycles. The molecule has 0 spiro atoms. The summed E-state index contributed by atoms with van der Waals surface area (Å²) in [5.74, 6) is 0.238. The molecule has 1 aliphatic heterocycles. The fourth-order valence-electron chi connectivity index (χ4n) is 3.52. The maximum atomic E-state index is 13.1. The molecule has 2 aliphatic rings. The van der Waals surface area contributed by atoms with Crippen molar-refractivity contribution < 1.29 is 4.79 Å². The first-order valence-electron chi connectivity index (χ1n) is 8.98. The maximum absolute atomic E-state index is 13.1. The summed E-state index contributed by atoms with van der Waals surface area (Å²) in [6.07, 6.45) is 4.58. The van der Waals surface area contributed by atoms with Crippen LogP contribution in [-0.4, -0.2) is 47.9 Å². The lowest BCUT2D eigenvalue weighted by atomic mass is 9.86. The number of carbonyl (C=O) groups is 1. The van der Waals surface area contributed by atoms with Crippen LogP contribution in [0.2, 0.25) is 0 Å². The standard InChI is InChI=1S/C20H30N2O/c1-20(2,3)16-7-5-15(6-8-16)19(23)22(17-9-10-17)18-11-13-21(4)14-12-18/h5-8,17-18H,9-14H2,1-4H3. The molecular weight excluding hydrogens is 284 g/mol. The number of nitrogens with zero attached hydrogens (tertiary/aromatic N) is 2. The lowest BCUT2D eigenvalue weighted by Crippen LogP contribution is -2.47. The molecule has 0 bridgehead atoms. The van der Waals surface area contributed by atoms with E-state index >= 15 is 0 Å². The highest BCUT2D eigenvalue weighted by Gasteiger charge is 2.38. The Morgan fingerprint density at radius 1 is 1.00 bits per heavy atom. The second-order valence-electron chi connectivity index (χ2n) is 8.31. The molecule has 3 heteroatoms. The van der Waals surface area contributed by atoms with Crippen molar-refractivity contribution in [3.63, 3.8) is 0 Å². The lowest BCUT2D eigenvalue weighted by molar-refractivity contribution is 0.0569. The van der Waals surface area contributed by atoms with Crippen molar-refractivity contribution in [2.75, 3.05) is 20.1 Å². The van der Waals surface area contributed by atoms with Gasteiger partial charge in [-0.1, -0.05) is 32.9 Å². The highest BCUT2D eigenvalue weighted by atomic mass is 16.2. The molecule has 1 saturated heterocycles. The van der Waals surface area contributed by atoms with Gasteiger partial charge in [-0.05, 0) is 68.9 Å². The van der Waals surface area contributed by atoms with E-state index in [9.17, 15) is 4.79 Å². The zero-order valence-corrected chi connectivity index (χ0v) is 15.0. The van der Waals surface area contributed by atoms with E-state index in [0.717, 1.165) is 31.5 Å². The van der Waals surface area contributed by atoms with Crippen molar-refractivity contribution in [2.24, 2.45) is 0 Å². The van der Waals surface area contributed by atoms with Gasteiger partial charge in [-0.25, -0.2) is 0 Å². The average Bonchev–Trinajstić information content (AvgIpc) is 3.33. The fourth-order valence-corrected chi connectivity index (χ4v) is 3.52. The maximum Gasteiger partial charge on any atom is 0.254 e. The Labute approximate surface area is 140 Å². The third kappa shape index (κ3) is 3.77. The average molecular weight is 314 g/mol. The minimum atomic E-state index is 0.131. The summed E-state index contributed by atoms with van der Waals surface area (Å²) >= 11 is 0. The summed E-state index contributed by atoms with van der Waals surface area (Å²) in [6, 6.07) is 9.19. The fraction of sp³-hybridized carbons (Fsp3) is 0.650. The number of benzene rings is 1. The van der Waals surface area contributed by atoms with E-state index in [-0.39, 0.29) is 11.3 Å². The quantitative estimate of drug-likeness (QED) is 0.849. The van der Waals surface area contributed by atoms with Gasteiger partial charge >= 0.3 is 0 Å². The Hall–Kier alpha value is -1.35. The van der Waals surface area contributed by atoms with Crippen LogP contribution >= 0.6 is 0 Å². The molecule has 0 radical (unpaired) electrons. The first kappa shape index (κ1) is 16.5. The predicted octanol–water partition coefficient (Wildman–Crippen LogP) is 3.68. The highest BCUT2D eigenvalue weighted by Crippen LogP contribution is 2.33. The van der Waals surface area contributed by atoms with Gasteiger partial charge in [0.1, 0.15) is 0 Å². The van der Waals surface area contributed by atoms with E-state index in [1.165, 1.54) is 18.4 Å². The summed E-state index contributed by atoms with van der Waals surface area (Å²) in [5.41, 5.74) is 2.27. The number of likely N-dealkylation sites (tertiary alicyclic amines) is 1. The molecule has 126 valence electrons. The van der Waals surface area contributed by atoms with Crippen molar-refractivity contribution in [2.45, 2.75) is 64.0 Å². The number of amides is 1. The van der Waals surface area contributed by atoms with Gasteiger partial charge in [0.05, 0.1) is 0 Å². The van der Waals surface area contributed by atoms with Gasteiger partial charge in [0.25, 0.3) is 5.91 Å². The number of carbonyl (C=O) groups excluding carboxylic acids is 1. The van der Waals surface area contributed by atoms with Crippen molar-refractivity contribution >= 4 is 5.91 Å². The normalized spacial score (nSPS) is 20.5. The van der Waals surface area contributed by atoms with Gasteiger partial charge < -0.3 is 9.80 Å². The topological polar surface area (TPSA) is 23.6 Å². The number of hydrogen-bond acceptors (Lipinski definition) is 2. The van der Waals surface area contributed by atoms with Crippen molar-refractivity contribution in [3.8, 4) is 0 Å². The van der Waals surface area contributed by atoms with Gasteiger partial charge in [-0.2, -0.15) is 0 Å². The van der Waals surface area contributed by atoms with Crippen molar-refractivity contribution in [1.29, 1.82) is 0 Å². The molecule has 1 aromatic carbocycles. The summed E-state index contributed by atoms with van der Waals surface area (Å²) in [7, 11) is 2.17. The second-order valence-corrected chi connectivity index (χ2v) is 8.31. The molecule has 23 heavy (non-hydrogen) atoms. The van der Waals surface area contributed by atoms with Crippen LogP contribution in [0.25, 0.3) is 0 Å². The molecule has 1 heterocycles. The van der Waals surface area contributed by atoms with Crippen LogP contribution in [0.15, 0.2) is 24.3 Å². The van der Waals surface area contributed by atoms with E-state index in [1.54, 1.807) is 0 Å². The minimum absolute atomic E-state index is 0.131. The van der Waals surface area contributed by atoms with Crippen LogP contribution in [-0.2, 0) is 5.41 Å². The van der Waals surface area contributed by atoms with Gasteiger partial charge in [0.15, 0.2) is 0 Å². The first-order valence-corrected chi connectivity index (χ1v) is 8.98. The van der Waals surface area contributed by atoms with Gasteiger partial charge in [-0.15, -0.1) is 0 Å². The smallest absolute Gasteiger partial charge is 0.254 e. The van der Waals surface area contributed by atoms with Gasteiger partial charge in [0, 0.05) is 17.6 Å². The Kier molecular flexibility index (Phi) is 4.50. The largest absolute Gasteiger partial charge is 0.333 e. The van der Waals surface area contributed by atoms with Crippen LogP contribution in [0.3, 0.4) is 0 Å². The zero-order chi connectivity index (χ0) is 16.6. The Morgan fingerprint density at radius 2 is 1.52 bits per heavy atom. The van der Waals surface area contributed by atoms with Crippen LogP contribution in [0, 0.1) is 0 Å². The Bertz CT molecular complexity index is 546. The van der Waals surface area contributed by atoms with E-state index in [0.29, 0.717) is 12.1 Å². The summed E-state index contributed by atoms with van der Waals surface area (Å²) in [6.45, 7) is 8.82. The molecule has 1 aliphatic carbocycles. The molecule has 0 N–H and O–H groups in total. The molecule has 1 amide bonds. The molecule has 1 saturated carbocycles. The Balaban J connectivity index is 1.76.